The van der Waals surface area contributed by atoms with Gasteiger partial charge in [-0.15, -0.1) is 0 Å². The lowest BCUT2D eigenvalue weighted by molar-refractivity contribution is 0.0884. The molecule has 3 heteroatoms. The van der Waals surface area contributed by atoms with E-state index in [-0.39, 0.29) is 12.0 Å². The molecule has 3 N–H and O–H groups in total. The van der Waals surface area contributed by atoms with E-state index >= 15 is 0 Å². The van der Waals surface area contributed by atoms with Crippen LogP contribution < -0.4 is 5.73 Å². The molecule has 1 aromatic carbocycles. The van der Waals surface area contributed by atoms with E-state index in [2.05, 4.69) is 13.8 Å². The predicted octanol–water partition coefficient (Wildman–Crippen LogP) is 2.33. The van der Waals surface area contributed by atoms with Crippen molar-refractivity contribution in [3.63, 3.8) is 0 Å². The highest BCUT2D eigenvalue weighted by Gasteiger charge is 2.29. The summed E-state index contributed by atoms with van der Waals surface area (Å²) in [6.07, 6.45) is 1.82. The van der Waals surface area contributed by atoms with Crippen LogP contribution in [0.2, 0.25) is 0 Å². The van der Waals surface area contributed by atoms with Gasteiger partial charge in [0, 0.05) is 25.2 Å². The van der Waals surface area contributed by atoms with Crippen LogP contribution in [0.5, 0.6) is 0 Å². The molecule has 3 nitrogen and oxygen atoms in total. The summed E-state index contributed by atoms with van der Waals surface area (Å²) < 4.78 is 5.66. The number of aliphatic hydroxyl groups is 1. The molecule has 108 valence electrons. The lowest BCUT2D eigenvalue weighted by atomic mass is 9.78. The fraction of sp³-hybridized carbons (Fsp3) is 0.625. The number of ether oxygens (including phenoxy) is 1. The Hall–Kier alpha value is -0.900. The van der Waals surface area contributed by atoms with E-state index in [0.717, 1.165) is 25.0 Å². The van der Waals surface area contributed by atoms with Crippen molar-refractivity contribution in [3.05, 3.63) is 35.9 Å². The largest absolute Gasteiger partial charge is 0.395 e. The molecular weight excluding hydrogens is 238 g/mol. The van der Waals surface area contributed by atoms with Gasteiger partial charge in [0.2, 0.25) is 0 Å². The van der Waals surface area contributed by atoms with Gasteiger partial charge in [-0.25, -0.2) is 0 Å². The minimum atomic E-state index is -0.376. The van der Waals surface area contributed by atoms with Gasteiger partial charge in [0.25, 0.3) is 0 Å². The van der Waals surface area contributed by atoms with Crippen molar-refractivity contribution in [2.24, 2.45) is 11.7 Å². The van der Waals surface area contributed by atoms with Crippen LogP contribution in [0.3, 0.4) is 0 Å². The number of benzene rings is 1. The summed E-state index contributed by atoms with van der Waals surface area (Å²) >= 11 is 0. The smallest absolute Gasteiger partial charge is 0.0541 e. The monoisotopic (exact) mass is 265 g/mol. The highest BCUT2D eigenvalue weighted by Crippen LogP contribution is 2.26. The molecule has 1 aromatic rings. The first-order valence-corrected chi connectivity index (χ1v) is 7.09. The van der Waals surface area contributed by atoms with E-state index in [0.29, 0.717) is 19.1 Å². The summed E-state index contributed by atoms with van der Waals surface area (Å²) in [6.45, 7) is 6.27. The average molecular weight is 265 g/mol. The van der Waals surface area contributed by atoms with E-state index in [1.54, 1.807) is 0 Å². The second kappa shape index (κ2) is 8.31. The Kier molecular flexibility index (Phi) is 7.06. The van der Waals surface area contributed by atoms with Gasteiger partial charge in [0.15, 0.2) is 0 Å². The van der Waals surface area contributed by atoms with Gasteiger partial charge in [0.05, 0.1) is 6.61 Å². The second-order valence-corrected chi connectivity index (χ2v) is 5.55. The third kappa shape index (κ3) is 4.94. The lowest BCUT2D eigenvalue weighted by Gasteiger charge is -2.31. The average Bonchev–Trinajstić information content (AvgIpc) is 2.44. The molecule has 0 spiro atoms. The maximum absolute atomic E-state index is 9.74. The Balaban J connectivity index is 2.53. The molecule has 0 fully saturated rings. The molecule has 0 aliphatic carbocycles. The lowest BCUT2D eigenvalue weighted by Crippen LogP contribution is -2.40. The van der Waals surface area contributed by atoms with Crippen LogP contribution in [-0.2, 0) is 10.2 Å². The number of nitrogens with two attached hydrogens (primary N) is 1. The summed E-state index contributed by atoms with van der Waals surface area (Å²) in [7, 11) is 0. The fourth-order valence-corrected chi connectivity index (χ4v) is 2.08. The normalized spacial score (nSPS) is 14.6. The van der Waals surface area contributed by atoms with Gasteiger partial charge in [-0.3, -0.25) is 0 Å². The highest BCUT2D eigenvalue weighted by atomic mass is 16.5. The molecule has 0 bridgehead atoms. The van der Waals surface area contributed by atoms with Crippen LogP contribution >= 0.6 is 0 Å². The van der Waals surface area contributed by atoms with Crippen molar-refractivity contribution in [3.8, 4) is 0 Å². The van der Waals surface area contributed by atoms with E-state index in [4.69, 9.17) is 10.5 Å². The van der Waals surface area contributed by atoms with E-state index in [1.165, 1.54) is 0 Å². The fourth-order valence-electron chi connectivity index (χ4n) is 2.08. The van der Waals surface area contributed by atoms with E-state index in [1.807, 2.05) is 30.3 Å². The molecule has 0 amide bonds. The van der Waals surface area contributed by atoms with Gasteiger partial charge in [-0.05, 0) is 24.3 Å². The standard InChI is InChI=1S/C16H27NO2/c1-14(2)8-10-19-11-9-16(12-17,13-18)15-6-4-3-5-7-15/h3-7,14,18H,8-13,17H2,1-2H3. The Bertz CT molecular complexity index is 334. The SMILES string of the molecule is CC(C)CCOCCC(CN)(CO)c1ccccc1. The maximum atomic E-state index is 9.74. The van der Waals surface area contributed by atoms with Crippen LogP contribution in [-0.4, -0.2) is 31.5 Å². The van der Waals surface area contributed by atoms with Crippen molar-refractivity contribution in [2.75, 3.05) is 26.4 Å². The first kappa shape index (κ1) is 16.2. The van der Waals surface area contributed by atoms with Crippen LogP contribution in [0.4, 0.5) is 0 Å². The molecule has 0 saturated carbocycles. The number of aliphatic hydroxyl groups excluding tert-OH is 1. The first-order valence-electron chi connectivity index (χ1n) is 7.09. The Morgan fingerprint density at radius 3 is 2.42 bits per heavy atom. The zero-order valence-electron chi connectivity index (χ0n) is 12.1. The van der Waals surface area contributed by atoms with Gasteiger partial charge in [0.1, 0.15) is 0 Å². The minimum Gasteiger partial charge on any atom is -0.395 e. The van der Waals surface area contributed by atoms with E-state index < -0.39 is 0 Å². The molecule has 0 aromatic heterocycles. The van der Waals surface area contributed by atoms with Crippen molar-refractivity contribution >= 4 is 0 Å². The Labute approximate surface area is 116 Å². The summed E-state index contributed by atoms with van der Waals surface area (Å²) in [5, 5.41) is 9.74. The quantitative estimate of drug-likeness (QED) is 0.674. The van der Waals surface area contributed by atoms with Crippen LogP contribution in [0.25, 0.3) is 0 Å². The molecule has 0 aliphatic heterocycles. The molecule has 19 heavy (non-hydrogen) atoms. The van der Waals surface area contributed by atoms with Crippen LogP contribution in [0.15, 0.2) is 30.3 Å². The summed E-state index contributed by atoms with van der Waals surface area (Å²) in [5.74, 6) is 0.659. The zero-order chi connectivity index (χ0) is 14.1. The first-order chi connectivity index (χ1) is 9.14. The number of rotatable bonds is 9. The Morgan fingerprint density at radius 2 is 1.89 bits per heavy atom. The third-order valence-electron chi connectivity index (χ3n) is 3.64. The Morgan fingerprint density at radius 1 is 1.21 bits per heavy atom. The van der Waals surface area contributed by atoms with Crippen molar-refractivity contribution < 1.29 is 9.84 Å². The molecule has 1 atom stereocenters. The second-order valence-electron chi connectivity index (χ2n) is 5.55. The van der Waals surface area contributed by atoms with E-state index in [9.17, 15) is 5.11 Å². The topological polar surface area (TPSA) is 55.5 Å². The van der Waals surface area contributed by atoms with Gasteiger partial charge in [-0.1, -0.05) is 44.2 Å². The maximum Gasteiger partial charge on any atom is 0.0541 e. The highest BCUT2D eigenvalue weighted by molar-refractivity contribution is 5.26. The molecule has 1 unspecified atom stereocenters. The third-order valence-corrected chi connectivity index (χ3v) is 3.64. The molecule has 0 radical (unpaired) electrons. The predicted molar refractivity (Wildman–Crippen MR) is 79.2 cm³/mol. The number of hydrogen-bond acceptors (Lipinski definition) is 3. The van der Waals surface area contributed by atoms with Gasteiger partial charge < -0.3 is 15.6 Å². The summed E-state index contributed by atoms with van der Waals surface area (Å²) in [4.78, 5) is 0. The summed E-state index contributed by atoms with van der Waals surface area (Å²) in [5.41, 5.74) is 6.61. The molecule has 0 aliphatic rings. The summed E-state index contributed by atoms with van der Waals surface area (Å²) in [6, 6.07) is 9.99. The molecule has 0 saturated heterocycles. The molecule has 0 heterocycles. The van der Waals surface area contributed by atoms with Crippen molar-refractivity contribution in [1.82, 2.24) is 0 Å². The van der Waals surface area contributed by atoms with Crippen molar-refractivity contribution in [1.29, 1.82) is 0 Å². The van der Waals surface area contributed by atoms with Crippen molar-refractivity contribution in [2.45, 2.75) is 32.1 Å². The minimum absolute atomic E-state index is 0.0566. The molecular formula is C16H27NO2. The van der Waals surface area contributed by atoms with Crippen LogP contribution in [0, 0.1) is 5.92 Å². The molecule has 1 rings (SSSR count). The van der Waals surface area contributed by atoms with Gasteiger partial charge >= 0.3 is 0 Å². The van der Waals surface area contributed by atoms with Gasteiger partial charge in [-0.2, -0.15) is 0 Å². The zero-order valence-corrected chi connectivity index (χ0v) is 12.1. The number of hydrogen-bond donors (Lipinski definition) is 2. The van der Waals surface area contributed by atoms with Crippen LogP contribution in [0.1, 0.15) is 32.3 Å².